The minimum atomic E-state index is -0.478. The number of carbonyl (C=O) groups excluding carboxylic acids is 1. The van der Waals surface area contributed by atoms with Crippen LogP contribution in [-0.4, -0.2) is 12.0 Å². The molecule has 1 aromatic carbocycles. The van der Waals surface area contributed by atoms with E-state index in [-0.39, 0.29) is 6.10 Å². The molecule has 0 aliphatic heterocycles. The van der Waals surface area contributed by atoms with Gasteiger partial charge in [-0.05, 0) is 43.7 Å². The number of amides is 1. The van der Waals surface area contributed by atoms with Crippen molar-refractivity contribution in [3.05, 3.63) is 23.8 Å². The summed E-state index contributed by atoms with van der Waals surface area (Å²) >= 11 is 0. The Morgan fingerprint density at radius 2 is 1.94 bits per heavy atom. The van der Waals surface area contributed by atoms with E-state index in [9.17, 15) is 4.79 Å². The summed E-state index contributed by atoms with van der Waals surface area (Å²) < 4.78 is 5.90. The number of anilines is 1. The van der Waals surface area contributed by atoms with Gasteiger partial charge in [0.25, 0.3) is 5.91 Å². The van der Waals surface area contributed by atoms with Gasteiger partial charge in [0.05, 0.1) is 11.7 Å². The van der Waals surface area contributed by atoms with Crippen molar-refractivity contribution in [2.24, 2.45) is 11.7 Å². The molecule has 0 saturated heterocycles. The third kappa shape index (κ3) is 2.94. The van der Waals surface area contributed by atoms with Gasteiger partial charge in [0, 0.05) is 11.8 Å². The van der Waals surface area contributed by atoms with Gasteiger partial charge in [0.15, 0.2) is 0 Å². The third-order valence-corrected chi connectivity index (χ3v) is 3.53. The summed E-state index contributed by atoms with van der Waals surface area (Å²) in [4.78, 5) is 11.3. The van der Waals surface area contributed by atoms with Crippen molar-refractivity contribution >= 4 is 11.6 Å². The molecular formula is C14H20N2O2. The van der Waals surface area contributed by atoms with Crippen LogP contribution < -0.4 is 16.2 Å². The molecule has 1 amide bonds. The fourth-order valence-electron chi connectivity index (χ4n) is 2.37. The predicted octanol–water partition coefficient (Wildman–Crippen LogP) is 2.33. The van der Waals surface area contributed by atoms with Crippen molar-refractivity contribution in [3.63, 3.8) is 0 Å². The lowest BCUT2D eigenvalue weighted by Gasteiger charge is -2.27. The second-order valence-corrected chi connectivity index (χ2v) is 5.12. The molecule has 1 aromatic rings. The Morgan fingerprint density at radius 1 is 1.28 bits per heavy atom. The van der Waals surface area contributed by atoms with Gasteiger partial charge in [-0.15, -0.1) is 0 Å². The standard InChI is InChI=1S/C14H20N2O2/c1-9-2-5-11(6-3-9)18-13-8-10(15)4-7-12(13)14(16)17/h4,7-9,11H,2-3,5-6,15H2,1H3,(H2,16,17). The Bertz CT molecular complexity index is 437. The number of ether oxygens (including phenoxy) is 1. The van der Waals surface area contributed by atoms with Crippen LogP contribution in [0.4, 0.5) is 5.69 Å². The molecule has 0 radical (unpaired) electrons. The van der Waals surface area contributed by atoms with Crippen LogP contribution in [0.3, 0.4) is 0 Å². The molecule has 4 N–H and O–H groups in total. The number of benzene rings is 1. The Balaban J connectivity index is 2.12. The molecule has 4 heteroatoms. The first-order valence-electron chi connectivity index (χ1n) is 6.42. The van der Waals surface area contributed by atoms with E-state index in [1.54, 1.807) is 18.2 Å². The highest BCUT2D eigenvalue weighted by atomic mass is 16.5. The molecule has 0 aromatic heterocycles. The summed E-state index contributed by atoms with van der Waals surface area (Å²) in [6, 6.07) is 4.96. The van der Waals surface area contributed by atoms with Gasteiger partial charge in [-0.25, -0.2) is 0 Å². The first kappa shape index (κ1) is 12.7. The molecule has 0 spiro atoms. The molecule has 2 rings (SSSR count). The van der Waals surface area contributed by atoms with Crippen molar-refractivity contribution in [1.29, 1.82) is 0 Å². The van der Waals surface area contributed by atoms with Crippen molar-refractivity contribution in [2.75, 3.05) is 5.73 Å². The highest BCUT2D eigenvalue weighted by Gasteiger charge is 2.21. The molecule has 0 bridgehead atoms. The van der Waals surface area contributed by atoms with Crippen LogP contribution in [0.15, 0.2) is 18.2 Å². The van der Waals surface area contributed by atoms with Crippen molar-refractivity contribution in [3.8, 4) is 5.75 Å². The topological polar surface area (TPSA) is 78.3 Å². The van der Waals surface area contributed by atoms with E-state index in [0.29, 0.717) is 17.0 Å². The molecule has 0 unspecified atom stereocenters. The molecule has 1 aliphatic rings. The van der Waals surface area contributed by atoms with Gasteiger partial charge in [-0.3, -0.25) is 4.79 Å². The maximum Gasteiger partial charge on any atom is 0.252 e. The number of nitrogen functional groups attached to an aromatic ring is 1. The van der Waals surface area contributed by atoms with E-state index in [1.165, 1.54) is 12.8 Å². The SMILES string of the molecule is CC1CCC(Oc2cc(N)ccc2C(N)=O)CC1. The van der Waals surface area contributed by atoms with E-state index in [1.807, 2.05) is 0 Å². The predicted molar refractivity (Wildman–Crippen MR) is 71.4 cm³/mol. The van der Waals surface area contributed by atoms with Crippen LogP contribution in [0.1, 0.15) is 43.0 Å². The Morgan fingerprint density at radius 3 is 2.56 bits per heavy atom. The molecule has 98 valence electrons. The van der Waals surface area contributed by atoms with Crippen molar-refractivity contribution in [1.82, 2.24) is 0 Å². The second-order valence-electron chi connectivity index (χ2n) is 5.12. The Kier molecular flexibility index (Phi) is 3.75. The summed E-state index contributed by atoms with van der Waals surface area (Å²) in [5, 5.41) is 0. The average molecular weight is 248 g/mol. The van der Waals surface area contributed by atoms with Crippen LogP contribution in [0.5, 0.6) is 5.75 Å². The minimum absolute atomic E-state index is 0.168. The summed E-state index contributed by atoms with van der Waals surface area (Å²) in [5.41, 5.74) is 12.0. The number of rotatable bonds is 3. The van der Waals surface area contributed by atoms with Crippen LogP contribution >= 0.6 is 0 Å². The molecule has 0 atom stereocenters. The van der Waals surface area contributed by atoms with Gasteiger partial charge in [-0.2, -0.15) is 0 Å². The van der Waals surface area contributed by atoms with Crippen molar-refractivity contribution < 1.29 is 9.53 Å². The fraction of sp³-hybridized carbons (Fsp3) is 0.500. The van der Waals surface area contributed by atoms with Gasteiger partial charge in [0.2, 0.25) is 0 Å². The Labute approximate surface area is 107 Å². The van der Waals surface area contributed by atoms with E-state index in [4.69, 9.17) is 16.2 Å². The largest absolute Gasteiger partial charge is 0.490 e. The average Bonchev–Trinajstić information content (AvgIpc) is 2.32. The maximum absolute atomic E-state index is 11.3. The van der Waals surface area contributed by atoms with E-state index < -0.39 is 5.91 Å². The number of carbonyl (C=O) groups is 1. The number of nitrogens with two attached hydrogens (primary N) is 2. The molecule has 0 heterocycles. The van der Waals surface area contributed by atoms with Crippen LogP contribution in [0.2, 0.25) is 0 Å². The van der Waals surface area contributed by atoms with E-state index in [2.05, 4.69) is 6.92 Å². The number of hydrogen-bond donors (Lipinski definition) is 2. The Hall–Kier alpha value is -1.71. The third-order valence-electron chi connectivity index (χ3n) is 3.53. The van der Waals surface area contributed by atoms with E-state index in [0.717, 1.165) is 18.8 Å². The summed E-state index contributed by atoms with van der Waals surface area (Å²) in [6.07, 6.45) is 4.54. The maximum atomic E-state index is 11.3. The molecular weight excluding hydrogens is 228 g/mol. The molecule has 18 heavy (non-hydrogen) atoms. The molecule has 1 saturated carbocycles. The number of hydrogen-bond acceptors (Lipinski definition) is 3. The zero-order chi connectivity index (χ0) is 13.1. The monoisotopic (exact) mass is 248 g/mol. The highest BCUT2D eigenvalue weighted by molar-refractivity contribution is 5.96. The first-order chi connectivity index (χ1) is 8.56. The zero-order valence-corrected chi connectivity index (χ0v) is 10.7. The molecule has 1 aliphatic carbocycles. The van der Waals surface area contributed by atoms with Gasteiger partial charge in [0.1, 0.15) is 5.75 Å². The lowest BCUT2D eigenvalue weighted by Crippen LogP contribution is -2.24. The van der Waals surface area contributed by atoms with Gasteiger partial charge < -0.3 is 16.2 Å². The van der Waals surface area contributed by atoms with Crippen LogP contribution in [0.25, 0.3) is 0 Å². The minimum Gasteiger partial charge on any atom is -0.490 e. The van der Waals surface area contributed by atoms with Gasteiger partial charge >= 0.3 is 0 Å². The summed E-state index contributed by atoms with van der Waals surface area (Å²) in [7, 11) is 0. The lowest BCUT2D eigenvalue weighted by molar-refractivity contribution is 0.0983. The van der Waals surface area contributed by atoms with Crippen LogP contribution in [-0.2, 0) is 0 Å². The quantitative estimate of drug-likeness (QED) is 0.806. The van der Waals surface area contributed by atoms with Crippen molar-refractivity contribution in [2.45, 2.75) is 38.7 Å². The van der Waals surface area contributed by atoms with Gasteiger partial charge in [-0.1, -0.05) is 6.92 Å². The molecule has 4 nitrogen and oxygen atoms in total. The first-order valence-corrected chi connectivity index (χ1v) is 6.42. The van der Waals surface area contributed by atoms with E-state index >= 15 is 0 Å². The summed E-state index contributed by atoms with van der Waals surface area (Å²) in [6.45, 7) is 2.26. The fourth-order valence-corrected chi connectivity index (χ4v) is 2.37. The summed E-state index contributed by atoms with van der Waals surface area (Å²) in [5.74, 6) is 0.803. The zero-order valence-electron chi connectivity index (χ0n) is 10.7. The smallest absolute Gasteiger partial charge is 0.252 e. The second kappa shape index (κ2) is 5.29. The molecule has 1 fully saturated rings. The van der Waals surface area contributed by atoms with Crippen LogP contribution in [0, 0.1) is 5.92 Å². The number of primary amides is 1. The lowest BCUT2D eigenvalue weighted by atomic mass is 9.89. The normalized spacial score (nSPS) is 23.6. The highest BCUT2D eigenvalue weighted by Crippen LogP contribution is 2.29.